The van der Waals surface area contributed by atoms with Crippen LogP contribution in [0.4, 0.5) is 0 Å². The van der Waals surface area contributed by atoms with E-state index >= 15 is 0 Å². The smallest absolute Gasteiger partial charge is 0.243 e. The van der Waals surface area contributed by atoms with Crippen molar-refractivity contribution in [2.24, 2.45) is 10.7 Å². The zero-order valence-corrected chi connectivity index (χ0v) is 14.6. The number of sulfonamides is 1. The van der Waals surface area contributed by atoms with E-state index in [1.807, 2.05) is 19.9 Å². The molecule has 1 aliphatic heterocycles. The molecule has 0 bridgehead atoms. The van der Waals surface area contributed by atoms with Gasteiger partial charge in [0.1, 0.15) is 0 Å². The second-order valence-electron chi connectivity index (χ2n) is 6.07. The summed E-state index contributed by atoms with van der Waals surface area (Å²) in [6.45, 7) is 5.37. The van der Waals surface area contributed by atoms with Crippen molar-refractivity contribution in [3.05, 3.63) is 29.8 Å². The van der Waals surface area contributed by atoms with Gasteiger partial charge < -0.3 is 11.1 Å². The van der Waals surface area contributed by atoms with Gasteiger partial charge in [0.2, 0.25) is 10.0 Å². The van der Waals surface area contributed by atoms with E-state index in [1.54, 1.807) is 22.5 Å². The zero-order valence-electron chi connectivity index (χ0n) is 13.8. The lowest BCUT2D eigenvalue weighted by atomic mass is 10.2. The Kier molecular flexibility index (Phi) is 6.01. The van der Waals surface area contributed by atoms with Gasteiger partial charge in [0.05, 0.1) is 11.4 Å². The molecule has 0 saturated carbocycles. The number of hydrogen-bond acceptors (Lipinski definition) is 3. The van der Waals surface area contributed by atoms with Gasteiger partial charge in [-0.1, -0.05) is 24.6 Å². The lowest BCUT2D eigenvalue weighted by Crippen LogP contribution is -2.37. The topological polar surface area (TPSA) is 87.8 Å². The quantitative estimate of drug-likeness (QED) is 0.631. The minimum atomic E-state index is -3.46. The number of rotatable bonds is 5. The monoisotopic (exact) mass is 338 g/mol. The van der Waals surface area contributed by atoms with E-state index < -0.39 is 10.0 Å². The highest BCUT2D eigenvalue weighted by Gasteiger charge is 2.27. The highest BCUT2D eigenvalue weighted by atomic mass is 32.2. The summed E-state index contributed by atoms with van der Waals surface area (Å²) in [7, 11) is -3.46. The summed E-state index contributed by atoms with van der Waals surface area (Å²) < 4.78 is 27.3. The van der Waals surface area contributed by atoms with Crippen molar-refractivity contribution in [2.45, 2.75) is 50.6 Å². The number of hydrogen-bond donors (Lipinski definition) is 2. The SMILES string of the molecule is CC(C)NC(N)=NCc1ccccc1S(=O)(=O)N1CCCCC1. The van der Waals surface area contributed by atoms with Gasteiger partial charge in [-0.15, -0.1) is 0 Å². The third-order valence-electron chi connectivity index (χ3n) is 3.76. The Balaban J connectivity index is 2.23. The van der Waals surface area contributed by atoms with E-state index in [0.29, 0.717) is 29.5 Å². The van der Waals surface area contributed by atoms with Crippen LogP contribution in [0, 0.1) is 0 Å². The average Bonchev–Trinajstić information content (AvgIpc) is 2.53. The van der Waals surface area contributed by atoms with Gasteiger partial charge in [0.25, 0.3) is 0 Å². The molecule has 2 rings (SSSR count). The third-order valence-corrected chi connectivity index (χ3v) is 5.76. The summed E-state index contributed by atoms with van der Waals surface area (Å²) in [6, 6.07) is 7.21. The maximum absolute atomic E-state index is 12.9. The van der Waals surface area contributed by atoms with Crippen molar-refractivity contribution in [3.8, 4) is 0 Å². The molecule has 23 heavy (non-hydrogen) atoms. The van der Waals surface area contributed by atoms with Crippen LogP contribution in [0.1, 0.15) is 38.7 Å². The van der Waals surface area contributed by atoms with Gasteiger partial charge in [-0.05, 0) is 38.3 Å². The molecule has 1 fully saturated rings. The zero-order chi connectivity index (χ0) is 16.9. The third kappa shape index (κ3) is 4.68. The van der Waals surface area contributed by atoms with Crippen molar-refractivity contribution in [1.82, 2.24) is 9.62 Å². The lowest BCUT2D eigenvalue weighted by molar-refractivity contribution is 0.346. The molecule has 1 aliphatic rings. The first-order chi connectivity index (χ1) is 10.9. The Bertz CT molecular complexity index is 650. The van der Waals surface area contributed by atoms with Crippen LogP contribution >= 0.6 is 0 Å². The van der Waals surface area contributed by atoms with E-state index in [0.717, 1.165) is 19.3 Å². The Morgan fingerprint density at radius 3 is 2.57 bits per heavy atom. The summed E-state index contributed by atoms with van der Waals surface area (Å²) in [4.78, 5) is 4.59. The fraction of sp³-hybridized carbons (Fsp3) is 0.562. The molecule has 0 amide bonds. The van der Waals surface area contributed by atoms with E-state index in [2.05, 4.69) is 10.3 Å². The molecule has 3 N–H and O–H groups in total. The second-order valence-corrected chi connectivity index (χ2v) is 7.98. The van der Waals surface area contributed by atoms with Gasteiger partial charge >= 0.3 is 0 Å². The van der Waals surface area contributed by atoms with Crippen molar-refractivity contribution < 1.29 is 8.42 Å². The van der Waals surface area contributed by atoms with Crippen LogP contribution in [0.5, 0.6) is 0 Å². The molecule has 0 atom stereocenters. The molecule has 1 aromatic carbocycles. The van der Waals surface area contributed by atoms with Crippen LogP contribution in [-0.2, 0) is 16.6 Å². The molecule has 0 aliphatic carbocycles. The van der Waals surface area contributed by atoms with Crippen molar-refractivity contribution >= 4 is 16.0 Å². The summed E-state index contributed by atoms with van der Waals surface area (Å²) in [5, 5.41) is 3.00. The average molecular weight is 338 g/mol. The molecule has 7 heteroatoms. The van der Waals surface area contributed by atoms with Crippen LogP contribution < -0.4 is 11.1 Å². The number of nitrogens with zero attached hydrogens (tertiary/aromatic N) is 2. The fourth-order valence-corrected chi connectivity index (χ4v) is 4.37. The number of benzene rings is 1. The van der Waals surface area contributed by atoms with E-state index in [9.17, 15) is 8.42 Å². The predicted octanol–water partition coefficient (Wildman–Crippen LogP) is 1.67. The van der Waals surface area contributed by atoms with Crippen molar-refractivity contribution in [3.63, 3.8) is 0 Å². The predicted molar refractivity (Wildman–Crippen MR) is 92.6 cm³/mol. The maximum Gasteiger partial charge on any atom is 0.243 e. The van der Waals surface area contributed by atoms with Crippen LogP contribution in [0.15, 0.2) is 34.2 Å². The van der Waals surface area contributed by atoms with Crippen molar-refractivity contribution in [1.29, 1.82) is 0 Å². The molecule has 1 heterocycles. The molecule has 1 saturated heterocycles. The van der Waals surface area contributed by atoms with E-state index in [4.69, 9.17) is 5.73 Å². The minimum Gasteiger partial charge on any atom is -0.370 e. The highest BCUT2D eigenvalue weighted by molar-refractivity contribution is 7.89. The summed E-state index contributed by atoms with van der Waals surface area (Å²) in [5.41, 5.74) is 6.48. The number of nitrogens with one attached hydrogen (secondary N) is 1. The van der Waals surface area contributed by atoms with Gasteiger partial charge in [-0.2, -0.15) is 4.31 Å². The summed E-state index contributed by atoms with van der Waals surface area (Å²) in [5.74, 6) is 0.324. The van der Waals surface area contributed by atoms with Crippen LogP contribution in [0.3, 0.4) is 0 Å². The van der Waals surface area contributed by atoms with E-state index in [-0.39, 0.29) is 12.6 Å². The van der Waals surface area contributed by atoms with Crippen LogP contribution in [-0.4, -0.2) is 37.8 Å². The molecular weight excluding hydrogens is 312 g/mol. The standard InChI is InChI=1S/C16H26N4O2S/c1-13(2)19-16(17)18-12-14-8-4-5-9-15(14)23(21,22)20-10-6-3-7-11-20/h4-5,8-9,13H,3,6-7,10-12H2,1-2H3,(H3,17,18,19). The molecular formula is C16H26N4O2S. The maximum atomic E-state index is 12.9. The molecule has 128 valence electrons. The highest BCUT2D eigenvalue weighted by Crippen LogP contribution is 2.24. The van der Waals surface area contributed by atoms with Gasteiger partial charge in [-0.25, -0.2) is 13.4 Å². The minimum absolute atomic E-state index is 0.186. The Labute approximate surface area is 138 Å². The van der Waals surface area contributed by atoms with E-state index in [1.165, 1.54) is 0 Å². The summed E-state index contributed by atoms with van der Waals surface area (Å²) in [6.07, 6.45) is 2.94. The molecule has 0 unspecified atom stereocenters. The van der Waals surface area contributed by atoms with Gasteiger partial charge in [0.15, 0.2) is 5.96 Å². The number of nitrogens with two attached hydrogens (primary N) is 1. The number of piperidine rings is 1. The number of aliphatic imine (C=N–C) groups is 1. The molecule has 0 aromatic heterocycles. The lowest BCUT2D eigenvalue weighted by Gasteiger charge is -2.26. The summed E-state index contributed by atoms with van der Waals surface area (Å²) >= 11 is 0. The van der Waals surface area contributed by atoms with Crippen molar-refractivity contribution in [2.75, 3.05) is 13.1 Å². The fourth-order valence-electron chi connectivity index (χ4n) is 2.64. The molecule has 0 radical (unpaired) electrons. The van der Waals surface area contributed by atoms with Gasteiger partial charge in [-0.3, -0.25) is 0 Å². The normalized spacial score (nSPS) is 17.4. The molecule has 1 aromatic rings. The molecule has 6 nitrogen and oxygen atoms in total. The van der Waals surface area contributed by atoms with Crippen LogP contribution in [0.25, 0.3) is 0 Å². The van der Waals surface area contributed by atoms with Gasteiger partial charge in [0, 0.05) is 19.1 Å². The Morgan fingerprint density at radius 1 is 1.26 bits per heavy atom. The van der Waals surface area contributed by atoms with Crippen LogP contribution in [0.2, 0.25) is 0 Å². The first kappa shape index (κ1) is 17.7. The Morgan fingerprint density at radius 2 is 1.91 bits per heavy atom. The first-order valence-corrected chi connectivity index (χ1v) is 9.50. The second kappa shape index (κ2) is 7.79. The first-order valence-electron chi connectivity index (χ1n) is 8.06. The molecule has 0 spiro atoms. The largest absolute Gasteiger partial charge is 0.370 e. The number of guanidine groups is 1. The Hall–Kier alpha value is -1.60.